The molecule has 1 aliphatic rings. The number of halogens is 1. The van der Waals surface area contributed by atoms with Crippen LogP contribution in [0.15, 0.2) is 108 Å². The number of benzene rings is 4. The number of aryl methyl sites for hydroxylation is 1. The van der Waals surface area contributed by atoms with Crippen LogP contribution in [0.5, 0.6) is 17.2 Å². The van der Waals surface area contributed by atoms with Crippen LogP contribution in [0.25, 0.3) is 11.1 Å². The molecule has 0 saturated carbocycles. The van der Waals surface area contributed by atoms with Gasteiger partial charge in [0.25, 0.3) is 0 Å². The summed E-state index contributed by atoms with van der Waals surface area (Å²) < 4.78 is 30.9. The van der Waals surface area contributed by atoms with E-state index in [4.69, 9.17) is 14.2 Å². The SMILES string of the molecule is CCOC(=O)C[C@@H](C=C(C)C)c1ccc(O)cc1.COc1ccc(F)c(-c2ccc3c(c2)CCC3Oc2ccc([C@H](C=C(C)C)CC(=O)O)cc2)c1. The Bertz CT molecular complexity index is 1870. The summed E-state index contributed by atoms with van der Waals surface area (Å²) in [4.78, 5) is 22.8. The lowest BCUT2D eigenvalue weighted by Crippen LogP contribution is -2.09. The number of carbonyl (C=O) groups excluding carboxylic acids is 1. The van der Waals surface area contributed by atoms with Crippen LogP contribution in [0.3, 0.4) is 0 Å². The Morgan fingerprint density at radius 3 is 2.00 bits per heavy atom. The molecule has 7 nitrogen and oxygen atoms in total. The molecule has 0 spiro atoms. The number of carboxylic acids is 1. The Morgan fingerprint density at radius 1 is 0.827 bits per heavy atom. The Hall–Kier alpha value is -5.37. The molecule has 0 aromatic heterocycles. The van der Waals surface area contributed by atoms with Crippen LogP contribution in [0.1, 0.15) is 94.1 Å². The molecule has 52 heavy (non-hydrogen) atoms. The van der Waals surface area contributed by atoms with Crippen molar-refractivity contribution in [3.05, 3.63) is 136 Å². The lowest BCUT2D eigenvalue weighted by molar-refractivity contribution is -0.143. The van der Waals surface area contributed by atoms with Gasteiger partial charge in [0, 0.05) is 17.4 Å². The molecular formula is C44H49FO7. The van der Waals surface area contributed by atoms with Crippen LogP contribution in [0.2, 0.25) is 0 Å². The van der Waals surface area contributed by atoms with Crippen LogP contribution in [-0.4, -0.2) is 35.9 Å². The van der Waals surface area contributed by atoms with Crippen molar-refractivity contribution in [3.63, 3.8) is 0 Å². The van der Waals surface area contributed by atoms with Crippen molar-refractivity contribution in [2.24, 2.45) is 0 Å². The number of aliphatic carboxylic acids is 1. The van der Waals surface area contributed by atoms with Crippen LogP contribution < -0.4 is 9.47 Å². The Labute approximate surface area is 306 Å². The van der Waals surface area contributed by atoms with Gasteiger partial charge in [0.2, 0.25) is 0 Å². The number of phenols is 1. The second-order valence-corrected chi connectivity index (χ2v) is 13.4. The van der Waals surface area contributed by atoms with E-state index in [1.807, 2.05) is 94.4 Å². The maximum atomic E-state index is 14.4. The molecule has 0 bridgehead atoms. The molecule has 8 heteroatoms. The van der Waals surface area contributed by atoms with Crippen LogP contribution in [0.4, 0.5) is 4.39 Å². The molecule has 1 unspecified atom stereocenters. The molecular weight excluding hydrogens is 659 g/mol. The number of fused-ring (bicyclic) bond motifs is 1. The molecule has 4 aromatic rings. The minimum atomic E-state index is -0.821. The van der Waals surface area contributed by atoms with Crippen LogP contribution in [0, 0.1) is 5.82 Å². The largest absolute Gasteiger partial charge is 0.508 e. The van der Waals surface area contributed by atoms with Gasteiger partial charge in [-0.05, 0) is 118 Å². The van der Waals surface area contributed by atoms with Crippen LogP contribution in [-0.2, 0) is 20.7 Å². The van der Waals surface area contributed by atoms with E-state index in [1.165, 1.54) is 6.07 Å². The average molecular weight is 709 g/mol. The van der Waals surface area contributed by atoms with Crippen molar-refractivity contribution < 1.29 is 38.4 Å². The summed E-state index contributed by atoms with van der Waals surface area (Å²) >= 11 is 0. The van der Waals surface area contributed by atoms with Gasteiger partial charge in [-0.3, -0.25) is 9.59 Å². The molecule has 4 aromatic carbocycles. The minimum absolute atomic E-state index is 0.00495. The van der Waals surface area contributed by atoms with Gasteiger partial charge in [0.05, 0.1) is 26.6 Å². The van der Waals surface area contributed by atoms with Crippen molar-refractivity contribution in [1.29, 1.82) is 0 Å². The van der Waals surface area contributed by atoms with Gasteiger partial charge < -0.3 is 24.4 Å². The maximum Gasteiger partial charge on any atom is 0.306 e. The van der Waals surface area contributed by atoms with E-state index >= 15 is 0 Å². The van der Waals surface area contributed by atoms with E-state index in [-0.39, 0.29) is 41.9 Å². The average Bonchev–Trinajstić information content (AvgIpc) is 3.50. The molecule has 0 aliphatic heterocycles. The van der Waals surface area contributed by atoms with Crippen LogP contribution >= 0.6 is 0 Å². The number of hydrogen-bond donors (Lipinski definition) is 2. The number of methoxy groups -OCH3 is 1. The molecule has 1 aliphatic carbocycles. The summed E-state index contributed by atoms with van der Waals surface area (Å²) in [5.74, 6) is 0.125. The Morgan fingerprint density at radius 2 is 1.42 bits per heavy atom. The van der Waals surface area contributed by atoms with Gasteiger partial charge in [0.15, 0.2) is 0 Å². The quantitative estimate of drug-likeness (QED) is 0.105. The van der Waals surface area contributed by atoms with Gasteiger partial charge >= 0.3 is 11.9 Å². The van der Waals surface area contributed by atoms with Gasteiger partial charge in [-0.25, -0.2) is 4.39 Å². The number of carboxylic acid groups (broad SMARTS) is 1. The number of allylic oxidation sites excluding steroid dienone is 4. The first-order valence-corrected chi connectivity index (χ1v) is 17.6. The smallest absolute Gasteiger partial charge is 0.306 e. The molecule has 3 atom stereocenters. The van der Waals surface area contributed by atoms with E-state index in [2.05, 4.69) is 0 Å². The number of phenolic OH excluding ortho intramolecular Hbond substituents is 1. The number of ether oxygens (including phenoxy) is 3. The molecule has 0 radical (unpaired) electrons. The third-order valence-corrected chi connectivity index (χ3v) is 8.71. The summed E-state index contributed by atoms with van der Waals surface area (Å²) in [5, 5.41) is 18.5. The normalized spacial score (nSPS) is 14.1. The van der Waals surface area contributed by atoms with Crippen molar-refractivity contribution in [3.8, 4) is 28.4 Å². The summed E-state index contributed by atoms with van der Waals surface area (Å²) in [6.45, 7) is 10.1. The van der Waals surface area contributed by atoms with Crippen molar-refractivity contribution in [1.82, 2.24) is 0 Å². The molecule has 0 saturated heterocycles. The number of hydrogen-bond acceptors (Lipinski definition) is 6. The number of carbonyl (C=O) groups is 2. The Balaban J connectivity index is 0.000000284. The highest BCUT2D eigenvalue weighted by Crippen LogP contribution is 2.38. The predicted molar refractivity (Wildman–Crippen MR) is 202 cm³/mol. The first-order chi connectivity index (χ1) is 24.9. The van der Waals surface area contributed by atoms with E-state index in [1.54, 1.807) is 38.3 Å². The van der Waals surface area contributed by atoms with E-state index in [9.17, 15) is 24.2 Å². The fourth-order valence-corrected chi connectivity index (χ4v) is 6.34. The van der Waals surface area contributed by atoms with Crippen molar-refractivity contribution in [2.75, 3.05) is 13.7 Å². The summed E-state index contributed by atoms with van der Waals surface area (Å²) in [7, 11) is 1.57. The van der Waals surface area contributed by atoms with Gasteiger partial charge in [-0.15, -0.1) is 0 Å². The van der Waals surface area contributed by atoms with Crippen molar-refractivity contribution in [2.45, 2.75) is 78.2 Å². The van der Waals surface area contributed by atoms with E-state index < -0.39 is 5.97 Å². The fourth-order valence-electron chi connectivity index (χ4n) is 6.34. The molecule has 5 rings (SSSR count). The maximum absolute atomic E-state index is 14.4. The van der Waals surface area contributed by atoms with E-state index in [0.717, 1.165) is 57.6 Å². The molecule has 274 valence electrons. The molecule has 0 fully saturated rings. The zero-order valence-electron chi connectivity index (χ0n) is 30.8. The fraction of sp³-hybridized carbons (Fsp3) is 0.318. The van der Waals surface area contributed by atoms with E-state index in [0.29, 0.717) is 24.3 Å². The number of rotatable bonds is 13. The van der Waals surface area contributed by atoms with Crippen molar-refractivity contribution >= 4 is 11.9 Å². The topological polar surface area (TPSA) is 102 Å². The molecule has 0 heterocycles. The monoisotopic (exact) mass is 708 g/mol. The first kappa shape index (κ1) is 39.4. The summed E-state index contributed by atoms with van der Waals surface area (Å²) in [6, 6.07) is 25.4. The second kappa shape index (κ2) is 18.7. The highest BCUT2D eigenvalue weighted by Gasteiger charge is 2.25. The molecule has 2 N–H and O–H groups in total. The molecule has 0 amide bonds. The van der Waals surface area contributed by atoms with Gasteiger partial charge in [-0.2, -0.15) is 0 Å². The lowest BCUT2D eigenvalue weighted by Gasteiger charge is -2.17. The zero-order chi connectivity index (χ0) is 37.8. The first-order valence-electron chi connectivity index (χ1n) is 17.6. The lowest BCUT2D eigenvalue weighted by atomic mass is 9.94. The van der Waals surface area contributed by atoms with Gasteiger partial charge in [0.1, 0.15) is 29.2 Å². The minimum Gasteiger partial charge on any atom is -0.508 e. The highest BCUT2D eigenvalue weighted by molar-refractivity contribution is 5.71. The zero-order valence-corrected chi connectivity index (χ0v) is 30.8. The number of esters is 1. The van der Waals surface area contributed by atoms with Gasteiger partial charge in [-0.1, -0.05) is 65.8 Å². The number of aromatic hydroxyl groups is 1. The summed E-state index contributed by atoms with van der Waals surface area (Å²) in [6.07, 6.45) is 6.04. The summed E-state index contributed by atoms with van der Waals surface area (Å²) in [5.41, 5.74) is 7.81. The second-order valence-electron chi connectivity index (χ2n) is 13.4. The Kier molecular flexibility index (Phi) is 14.2. The highest BCUT2D eigenvalue weighted by atomic mass is 19.1. The standard InChI is InChI=1S/C29H29FO4.C15H20O3/c1-18(2)14-22(16-29(31)32)19-4-8-23(9-5-19)34-28-13-7-20-15-21(6-11-25(20)28)26-17-24(33-3)10-12-27(26)30;1-4-18-15(17)10-13(9-11(2)3)12-5-7-14(16)8-6-12/h4-6,8-12,14-15,17,22,28H,7,13,16H2,1-3H3,(H,31,32);5-9,13,16H,4,10H2,1-3H3/t22-,28?;13-/m11/s1. The third kappa shape index (κ3) is 11.3. The third-order valence-electron chi connectivity index (χ3n) is 8.71. The predicted octanol–water partition coefficient (Wildman–Crippen LogP) is 10.5.